The van der Waals surface area contributed by atoms with Crippen LogP contribution in [0, 0.1) is 17.7 Å². The first-order chi connectivity index (χ1) is 17.3. The van der Waals surface area contributed by atoms with Gasteiger partial charge >= 0.3 is 0 Å². The third-order valence-corrected chi connectivity index (χ3v) is 6.84. The Bertz CT molecular complexity index is 1160. The van der Waals surface area contributed by atoms with Gasteiger partial charge in [0.15, 0.2) is 0 Å². The van der Waals surface area contributed by atoms with Crippen molar-refractivity contribution in [1.82, 2.24) is 9.80 Å². The molecule has 1 fully saturated rings. The van der Waals surface area contributed by atoms with E-state index in [1.807, 2.05) is 35.2 Å². The Balaban J connectivity index is 1.61. The van der Waals surface area contributed by atoms with Crippen LogP contribution in [-0.2, 0) is 6.54 Å². The summed E-state index contributed by atoms with van der Waals surface area (Å²) in [7, 11) is 1.67. The Morgan fingerprint density at radius 3 is 2.53 bits per heavy atom. The molecule has 1 N–H and O–H groups in total. The van der Waals surface area contributed by atoms with Crippen molar-refractivity contribution in [1.29, 1.82) is 0 Å². The van der Waals surface area contributed by atoms with Crippen molar-refractivity contribution in [2.75, 3.05) is 33.3 Å². The molecule has 3 aromatic rings. The lowest BCUT2D eigenvalue weighted by molar-refractivity contribution is 0.0703. The molecular formula is C30H35FN2O3. The van der Waals surface area contributed by atoms with Crippen molar-refractivity contribution in [3.8, 4) is 11.5 Å². The summed E-state index contributed by atoms with van der Waals surface area (Å²) in [5.74, 6) is 1.36. The first-order valence-corrected chi connectivity index (χ1v) is 12.5. The molecule has 0 saturated carbocycles. The molecule has 2 unspecified atom stereocenters. The molecule has 3 aromatic carbocycles. The molecule has 1 heterocycles. The Hall–Kier alpha value is -3.38. The average molecular weight is 491 g/mol. The number of likely N-dealkylation sites (tertiary alicyclic amines) is 1. The summed E-state index contributed by atoms with van der Waals surface area (Å²) in [5, 5.41) is 10.3. The highest BCUT2D eigenvalue weighted by Gasteiger charge is 2.36. The van der Waals surface area contributed by atoms with E-state index in [1.165, 1.54) is 17.7 Å². The number of hydrogen-bond acceptors (Lipinski definition) is 4. The van der Waals surface area contributed by atoms with Gasteiger partial charge in [0.2, 0.25) is 0 Å². The van der Waals surface area contributed by atoms with Crippen LogP contribution in [-0.4, -0.2) is 54.1 Å². The summed E-state index contributed by atoms with van der Waals surface area (Å²) >= 11 is 0. The van der Waals surface area contributed by atoms with Crippen LogP contribution in [0.5, 0.6) is 11.5 Å². The molecule has 2 atom stereocenters. The van der Waals surface area contributed by atoms with Gasteiger partial charge in [-0.05, 0) is 59.9 Å². The van der Waals surface area contributed by atoms with Gasteiger partial charge in [-0.1, -0.05) is 44.2 Å². The number of para-hydroxylation sites is 1. The van der Waals surface area contributed by atoms with Gasteiger partial charge in [-0.3, -0.25) is 9.69 Å². The van der Waals surface area contributed by atoms with E-state index in [0.717, 1.165) is 24.4 Å². The van der Waals surface area contributed by atoms with E-state index in [1.54, 1.807) is 25.3 Å². The first-order valence-electron chi connectivity index (χ1n) is 12.5. The fourth-order valence-corrected chi connectivity index (χ4v) is 5.15. The molecule has 1 amide bonds. The lowest BCUT2D eigenvalue weighted by Crippen LogP contribution is -2.39. The van der Waals surface area contributed by atoms with Crippen LogP contribution in [0.1, 0.15) is 41.3 Å². The summed E-state index contributed by atoms with van der Waals surface area (Å²) in [4.78, 5) is 17.7. The zero-order valence-corrected chi connectivity index (χ0v) is 21.2. The van der Waals surface area contributed by atoms with Crippen LogP contribution in [0.15, 0.2) is 72.8 Å². The predicted octanol–water partition coefficient (Wildman–Crippen LogP) is 5.55. The second kappa shape index (κ2) is 11.6. The van der Waals surface area contributed by atoms with Gasteiger partial charge in [-0.2, -0.15) is 0 Å². The maximum absolute atomic E-state index is 13.5. The van der Waals surface area contributed by atoms with Gasteiger partial charge in [0.1, 0.15) is 17.3 Å². The minimum absolute atomic E-state index is 0.0766. The number of amides is 1. The number of carbonyl (C=O) groups excluding carboxylic acids is 1. The number of benzene rings is 3. The number of phenolic OH excluding ortho intramolecular Hbond substituents is 1. The highest BCUT2D eigenvalue weighted by Crippen LogP contribution is 2.36. The molecule has 0 radical (unpaired) electrons. The van der Waals surface area contributed by atoms with Crippen LogP contribution >= 0.6 is 0 Å². The molecule has 4 rings (SSSR count). The van der Waals surface area contributed by atoms with E-state index in [9.17, 15) is 14.3 Å². The molecule has 0 aliphatic carbocycles. The molecule has 1 saturated heterocycles. The highest BCUT2D eigenvalue weighted by atomic mass is 19.1. The maximum atomic E-state index is 13.5. The lowest BCUT2D eigenvalue weighted by Gasteiger charge is -2.30. The Morgan fingerprint density at radius 1 is 1.08 bits per heavy atom. The van der Waals surface area contributed by atoms with E-state index in [2.05, 4.69) is 30.9 Å². The summed E-state index contributed by atoms with van der Waals surface area (Å²) in [6.07, 6.45) is 0. The number of aromatic hydroxyl groups is 1. The molecule has 6 heteroatoms. The summed E-state index contributed by atoms with van der Waals surface area (Å²) < 4.78 is 19.0. The van der Waals surface area contributed by atoms with Crippen LogP contribution in [0.3, 0.4) is 0 Å². The topological polar surface area (TPSA) is 53.0 Å². The fourth-order valence-electron chi connectivity index (χ4n) is 5.15. The third-order valence-electron chi connectivity index (χ3n) is 6.84. The van der Waals surface area contributed by atoms with E-state index >= 15 is 0 Å². The summed E-state index contributed by atoms with van der Waals surface area (Å²) in [5.41, 5.74) is 2.57. The zero-order chi connectivity index (χ0) is 25.7. The largest absolute Gasteiger partial charge is 0.508 e. The SMILES string of the molecule is COc1cccc(C2CN(Cc3ccccc3O)CC2CN(CC(C)C)C(=O)c2ccc(F)cc2)c1. The molecule has 36 heavy (non-hydrogen) atoms. The normalized spacial score (nSPS) is 17.9. The average Bonchev–Trinajstić information content (AvgIpc) is 3.27. The third kappa shape index (κ3) is 6.24. The van der Waals surface area contributed by atoms with Gasteiger partial charge in [0, 0.05) is 49.8 Å². The lowest BCUT2D eigenvalue weighted by atomic mass is 9.88. The van der Waals surface area contributed by atoms with Gasteiger partial charge in [0.25, 0.3) is 5.91 Å². The number of rotatable bonds is 9. The van der Waals surface area contributed by atoms with Crippen LogP contribution in [0.2, 0.25) is 0 Å². The Labute approximate surface area is 213 Å². The fraction of sp³-hybridized carbons (Fsp3) is 0.367. The van der Waals surface area contributed by atoms with E-state index in [4.69, 9.17) is 4.74 Å². The number of methoxy groups -OCH3 is 1. The molecule has 1 aliphatic rings. The molecule has 0 bridgehead atoms. The number of nitrogens with zero attached hydrogens (tertiary/aromatic N) is 2. The number of carbonyl (C=O) groups is 1. The number of phenols is 1. The van der Waals surface area contributed by atoms with Gasteiger partial charge in [0.05, 0.1) is 7.11 Å². The van der Waals surface area contributed by atoms with Gasteiger partial charge in [-0.25, -0.2) is 4.39 Å². The van der Waals surface area contributed by atoms with Crippen LogP contribution in [0.4, 0.5) is 4.39 Å². The van der Waals surface area contributed by atoms with Crippen molar-refractivity contribution < 1.29 is 19.0 Å². The molecule has 5 nitrogen and oxygen atoms in total. The number of halogens is 1. The smallest absolute Gasteiger partial charge is 0.253 e. The van der Waals surface area contributed by atoms with Crippen molar-refractivity contribution >= 4 is 5.91 Å². The van der Waals surface area contributed by atoms with E-state index < -0.39 is 0 Å². The first kappa shape index (κ1) is 25.7. The van der Waals surface area contributed by atoms with Crippen LogP contribution < -0.4 is 4.74 Å². The molecule has 0 spiro atoms. The quantitative estimate of drug-likeness (QED) is 0.427. The second-order valence-corrected chi connectivity index (χ2v) is 10.1. The summed E-state index contributed by atoms with van der Waals surface area (Å²) in [6.45, 7) is 7.66. The minimum atomic E-state index is -0.351. The van der Waals surface area contributed by atoms with E-state index in [-0.39, 0.29) is 23.6 Å². The monoisotopic (exact) mass is 490 g/mol. The highest BCUT2D eigenvalue weighted by molar-refractivity contribution is 5.94. The van der Waals surface area contributed by atoms with Crippen molar-refractivity contribution in [2.45, 2.75) is 26.3 Å². The standard InChI is InChI=1S/C30H35FN2O3/c1-21(2)16-33(30(35)22-11-13-26(31)14-12-22)19-25-18-32(17-24-7-4-5-10-29(24)34)20-28(25)23-8-6-9-27(15-23)36-3/h4-15,21,25,28,34H,16-20H2,1-3H3. The molecule has 190 valence electrons. The Morgan fingerprint density at radius 2 is 1.83 bits per heavy atom. The van der Waals surface area contributed by atoms with Crippen LogP contribution in [0.25, 0.3) is 0 Å². The van der Waals surface area contributed by atoms with Crippen molar-refractivity contribution in [3.63, 3.8) is 0 Å². The summed E-state index contributed by atoms with van der Waals surface area (Å²) in [6, 6.07) is 21.4. The van der Waals surface area contributed by atoms with Crippen molar-refractivity contribution in [2.24, 2.45) is 11.8 Å². The van der Waals surface area contributed by atoms with Gasteiger partial charge in [-0.15, -0.1) is 0 Å². The molecule has 0 aromatic heterocycles. The Kier molecular flexibility index (Phi) is 8.26. The van der Waals surface area contributed by atoms with Gasteiger partial charge < -0.3 is 14.7 Å². The maximum Gasteiger partial charge on any atom is 0.253 e. The minimum Gasteiger partial charge on any atom is -0.508 e. The van der Waals surface area contributed by atoms with E-state index in [0.29, 0.717) is 36.9 Å². The number of hydrogen-bond donors (Lipinski definition) is 1. The second-order valence-electron chi connectivity index (χ2n) is 10.1. The number of ether oxygens (including phenoxy) is 1. The molecule has 1 aliphatic heterocycles. The molecular weight excluding hydrogens is 455 g/mol. The zero-order valence-electron chi connectivity index (χ0n) is 21.2. The van der Waals surface area contributed by atoms with Crippen molar-refractivity contribution in [3.05, 3.63) is 95.3 Å². The predicted molar refractivity (Wildman–Crippen MR) is 140 cm³/mol.